The molecule has 0 fully saturated rings. The van der Waals surface area contributed by atoms with Crippen LogP contribution in [0, 0.1) is 20.8 Å². The average molecular weight is 453 g/mol. The number of hydrogen-bond donors (Lipinski definition) is 2. The first-order valence-electron chi connectivity index (χ1n) is 9.82. The van der Waals surface area contributed by atoms with E-state index in [1.807, 2.05) is 19.9 Å². The Morgan fingerprint density at radius 3 is 2.28 bits per heavy atom. The summed E-state index contributed by atoms with van der Waals surface area (Å²) < 4.78 is 33.5. The molecule has 166 valence electrons. The van der Waals surface area contributed by atoms with E-state index < -0.39 is 21.9 Å². The number of carbonyl (C=O) groups excluding carboxylic acids is 2. The van der Waals surface area contributed by atoms with Gasteiger partial charge in [0.2, 0.25) is 0 Å². The van der Waals surface area contributed by atoms with Crippen molar-refractivity contribution in [3.05, 3.63) is 88.5 Å². The maximum atomic E-state index is 13.1. The first-order valence-corrected chi connectivity index (χ1v) is 11.3. The highest BCUT2D eigenvalue weighted by Crippen LogP contribution is 2.25. The van der Waals surface area contributed by atoms with Crippen LogP contribution in [0.25, 0.3) is 0 Å². The van der Waals surface area contributed by atoms with Gasteiger partial charge in [-0.25, -0.2) is 13.2 Å². The van der Waals surface area contributed by atoms with Crippen LogP contribution in [0.2, 0.25) is 0 Å². The van der Waals surface area contributed by atoms with Crippen molar-refractivity contribution < 1.29 is 22.7 Å². The Morgan fingerprint density at radius 1 is 0.844 bits per heavy atom. The monoisotopic (exact) mass is 452 g/mol. The molecule has 3 rings (SSSR count). The summed E-state index contributed by atoms with van der Waals surface area (Å²) in [5, 5.41) is 2.68. The smallest absolute Gasteiger partial charge is 0.337 e. The quantitative estimate of drug-likeness (QED) is 0.538. The predicted molar refractivity (Wildman–Crippen MR) is 124 cm³/mol. The van der Waals surface area contributed by atoms with Gasteiger partial charge in [0, 0.05) is 11.3 Å². The third-order valence-corrected chi connectivity index (χ3v) is 6.64. The van der Waals surface area contributed by atoms with E-state index in [1.54, 1.807) is 49.4 Å². The molecule has 2 N–H and O–H groups in total. The van der Waals surface area contributed by atoms with E-state index in [9.17, 15) is 18.0 Å². The lowest BCUT2D eigenvalue weighted by atomic mass is 10.1. The van der Waals surface area contributed by atoms with Crippen molar-refractivity contribution in [1.82, 2.24) is 0 Å². The van der Waals surface area contributed by atoms with Crippen LogP contribution in [0.5, 0.6) is 0 Å². The number of ether oxygens (including phenoxy) is 1. The molecule has 0 aliphatic carbocycles. The molecule has 1 amide bonds. The number of esters is 1. The first-order chi connectivity index (χ1) is 15.1. The number of anilines is 2. The zero-order valence-electron chi connectivity index (χ0n) is 18.2. The topological polar surface area (TPSA) is 102 Å². The Hall–Kier alpha value is -3.65. The Balaban J connectivity index is 1.89. The zero-order valence-corrected chi connectivity index (χ0v) is 19.0. The number of methoxy groups -OCH3 is 1. The molecule has 3 aromatic rings. The van der Waals surface area contributed by atoms with Crippen molar-refractivity contribution >= 4 is 33.3 Å². The summed E-state index contributed by atoms with van der Waals surface area (Å²) in [6, 6.07) is 16.1. The van der Waals surface area contributed by atoms with Gasteiger partial charge in [-0.1, -0.05) is 24.3 Å². The fourth-order valence-electron chi connectivity index (χ4n) is 3.14. The Morgan fingerprint density at radius 2 is 1.56 bits per heavy atom. The SMILES string of the molecule is COC(=O)c1cccc(NC(=O)c2ccc(C)c(S(=O)(=O)Nc3cccc(C)c3C)c2)c1. The van der Waals surface area contributed by atoms with Crippen molar-refractivity contribution in [3.8, 4) is 0 Å². The van der Waals surface area contributed by atoms with E-state index in [0.717, 1.165) is 11.1 Å². The van der Waals surface area contributed by atoms with Gasteiger partial charge in [0.15, 0.2) is 0 Å². The Labute approximate surface area is 187 Å². The van der Waals surface area contributed by atoms with Crippen molar-refractivity contribution in [1.29, 1.82) is 0 Å². The molecule has 0 unspecified atom stereocenters. The number of benzene rings is 3. The van der Waals surface area contributed by atoms with Gasteiger partial charge < -0.3 is 10.1 Å². The summed E-state index contributed by atoms with van der Waals surface area (Å²) in [7, 11) is -2.65. The lowest BCUT2D eigenvalue weighted by molar-refractivity contribution is 0.0600. The van der Waals surface area contributed by atoms with Gasteiger partial charge in [0.25, 0.3) is 15.9 Å². The van der Waals surface area contributed by atoms with Crippen LogP contribution in [0.3, 0.4) is 0 Å². The van der Waals surface area contributed by atoms with Crippen LogP contribution in [0.15, 0.2) is 65.6 Å². The van der Waals surface area contributed by atoms with Crippen LogP contribution in [0.4, 0.5) is 11.4 Å². The largest absolute Gasteiger partial charge is 0.465 e. The number of nitrogens with one attached hydrogen (secondary N) is 2. The van der Waals surface area contributed by atoms with Gasteiger partial charge in [0.1, 0.15) is 0 Å². The average Bonchev–Trinajstić information content (AvgIpc) is 2.76. The van der Waals surface area contributed by atoms with E-state index in [2.05, 4.69) is 14.8 Å². The second-order valence-electron chi connectivity index (χ2n) is 7.36. The van der Waals surface area contributed by atoms with Crippen LogP contribution >= 0.6 is 0 Å². The fourth-order valence-corrected chi connectivity index (χ4v) is 4.53. The number of amides is 1. The minimum atomic E-state index is -3.92. The third-order valence-electron chi connectivity index (χ3n) is 5.13. The molecule has 3 aromatic carbocycles. The molecule has 0 spiro atoms. The molecule has 8 heteroatoms. The normalized spacial score (nSPS) is 11.0. The van der Waals surface area contributed by atoms with Crippen LogP contribution in [0.1, 0.15) is 37.4 Å². The molecule has 0 aliphatic rings. The second-order valence-corrected chi connectivity index (χ2v) is 9.01. The van der Waals surface area contributed by atoms with Gasteiger partial charge in [-0.3, -0.25) is 9.52 Å². The standard InChI is InChI=1S/C24H24N2O5S/c1-15-7-5-10-21(17(15)3)26-32(29,30)22-14-18(12-11-16(22)2)23(27)25-20-9-6-8-19(13-20)24(28)31-4/h5-14,26H,1-4H3,(H,25,27). The van der Waals surface area contributed by atoms with E-state index in [-0.39, 0.29) is 16.0 Å². The third kappa shape index (κ3) is 4.97. The highest BCUT2D eigenvalue weighted by molar-refractivity contribution is 7.92. The molecule has 0 aliphatic heterocycles. The molecule has 0 saturated carbocycles. The summed E-state index contributed by atoms with van der Waals surface area (Å²) in [5.41, 5.74) is 3.62. The van der Waals surface area contributed by atoms with E-state index in [0.29, 0.717) is 16.9 Å². The van der Waals surface area contributed by atoms with Crippen molar-refractivity contribution in [2.24, 2.45) is 0 Å². The van der Waals surface area contributed by atoms with E-state index >= 15 is 0 Å². The highest BCUT2D eigenvalue weighted by atomic mass is 32.2. The van der Waals surface area contributed by atoms with Crippen molar-refractivity contribution in [2.75, 3.05) is 17.1 Å². The molecular weight excluding hydrogens is 428 g/mol. The summed E-state index contributed by atoms with van der Waals surface area (Å²) in [4.78, 5) is 24.5. The Kier molecular flexibility index (Phi) is 6.64. The second kappa shape index (κ2) is 9.23. The maximum absolute atomic E-state index is 13.1. The van der Waals surface area contributed by atoms with Gasteiger partial charge in [0.05, 0.1) is 23.3 Å². The van der Waals surface area contributed by atoms with E-state index in [1.165, 1.54) is 19.2 Å². The molecule has 0 radical (unpaired) electrons. The predicted octanol–water partition coefficient (Wildman–Crippen LogP) is 4.45. The molecule has 0 atom stereocenters. The summed E-state index contributed by atoms with van der Waals surface area (Å²) in [6.45, 7) is 5.41. The van der Waals surface area contributed by atoms with Crippen molar-refractivity contribution in [2.45, 2.75) is 25.7 Å². The molecule has 0 saturated heterocycles. The number of hydrogen-bond acceptors (Lipinski definition) is 5. The first kappa shape index (κ1) is 23.0. The number of rotatable bonds is 6. The summed E-state index contributed by atoms with van der Waals surface area (Å²) >= 11 is 0. The lowest BCUT2D eigenvalue weighted by Gasteiger charge is -2.14. The molecule has 0 heterocycles. The summed E-state index contributed by atoms with van der Waals surface area (Å²) in [6.07, 6.45) is 0. The molecule has 32 heavy (non-hydrogen) atoms. The van der Waals surface area contributed by atoms with Gasteiger partial charge in [-0.05, 0) is 73.9 Å². The van der Waals surface area contributed by atoms with Gasteiger partial charge in [-0.2, -0.15) is 0 Å². The Bertz CT molecular complexity index is 1300. The molecular formula is C24H24N2O5S. The van der Waals surface area contributed by atoms with Crippen LogP contribution in [-0.2, 0) is 14.8 Å². The molecule has 0 aromatic heterocycles. The van der Waals surface area contributed by atoms with Crippen LogP contribution in [-0.4, -0.2) is 27.4 Å². The zero-order chi connectivity index (χ0) is 23.5. The lowest BCUT2D eigenvalue weighted by Crippen LogP contribution is -2.18. The molecule has 0 bridgehead atoms. The minimum Gasteiger partial charge on any atom is -0.465 e. The van der Waals surface area contributed by atoms with Gasteiger partial charge in [-0.15, -0.1) is 0 Å². The fraction of sp³-hybridized carbons (Fsp3) is 0.167. The highest BCUT2D eigenvalue weighted by Gasteiger charge is 2.20. The van der Waals surface area contributed by atoms with Crippen LogP contribution < -0.4 is 10.0 Å². The van der Waals surface area contributed by atoms with E-state index in [4.69, 9.17) is 0 Å². The molecule has 7 nitrogen and oxygen atoms in total. The number of sulfonamides is 1. The van der Waals surface area contributed by atoms with Gasteiger partial charge >= 0.3 is 5.97 Å². The summed E-state index contributed by atoms with van der Waals surface area (Å²) in [5.74, 6) is -1.03. The van der Waals surface area contributed by atoms with Crippen molar-refractivity contribution in [3.63, 3.8) is 0 Å². The minimum absolute atomic E-state index is 0.00867. The number of aryl methyl sites for hydroxylation is 2. The maximum Gasteiger partial charge on any atom is 0.337 e. The number of carbonyl (C=O) groups is 2.